The molecule has 19 heavy (non-hydrogen) atoms. The van der Waals surface area contributed by atoms with Crippen LogP contribution in [0.25, 0.3) is 0 Å². The summed E-state index contributed by atoms with van der Waals surface area (Å²) in [5, 5.41) is 3.58. The van der Waals surface area contributed by atoms with E-state index in [9.17, 15) is 0 Å². The van der Waals surface area contributed by atoms with Gasteiger partial charge in [0.1, 0.15) is 16.2 Å². The maximum Gasteiger partial charge on any atom is 0.135 e. The van der Waals surface area contributed by atoms with E-state index in [-0.39, 0.29) is 0 Å². The molecule has 1 N–H and O–H groups in total. The third-order valence-corrected chi connectivity index (χ3v) is 4.45. The van der Waals surface area contributed by atoms with Crippen LogP contribution in [-0.2, 0) is 0 Å². The van der Waals surface area contributed by atoms with Crippen LogP contribution in [0.5, 0.6) is 0 Å². The van der Waals surface area contributed by atoms with Crippen molar-refractivity contribution in [3.05, 3.63) is 16.5 Å². The Kier molecular flexibility index (Phi) is 4.03. The highest BCUT2D eigenvalue weighted by Crippen LogP contribution is 2.38. The van der Waals surface area contributed by atoms with Crippen LogP contribution in [0.2, 0.25) is 0 Å². The van der Waals surface area contributed by atoms with Gasteiger partial charge in [0.05, 0.1) is 0 Å². The molecule has 0 bridgehead atoms. The first-order valence-corrected chi connectivity index (χ1v) is 8.07. The van der Waals surface area contributed by atoms with Crippen molar-refractivity contribution < 1.29 is 0 Å². The number of hydrogen-bond acceptors (Lipinski definition) is 4. The molecular formula is C14H21BrN4. The number of likely N-dealkylation sites (tertiary alicyclic amines) is 1. The van der Waals surface area contributed by atoms with Crippen LogP contribution < -0.4 is 5.32 Å². The minimum absolute atomic E-state index is 0.552. The zero-order valence-corrected chi connectivity index (χ0v) is 13.0. The Labute approximate surface area is 123 Å². The van der Waals surface area contributed by atoms with Crippen molar-refractivity contribution >= 4 is 21.7 Å². The van der Waals surface area contributed by atoms with Gasteiger partial charge in [-0.2, -0.15) is 0 Å². The van der Waals surface area contributed by atoms with Gasteiger partial charge in [0.2, 0.25) is 0 Å². The maximum absolute atomic E-state index is 4.66. The zero-order valence-electron chi connectivity index (χ0n) is 11.4. The van der Waals surface area contributed by atoms with E-state index in [0.717, 1.165) is 22.8 Å². The van der Waals surface area contributed by atoms with Gasteiger partial charge in [-0.05, 0) is 48.2 Å². The number of hydrogen-bond donors (Lipinski definition) is 1. The molecule has 5 heteroatoms. The number of nitrogens with zero attached hydrogens (tertiary/aromatic N) is 3. The molecule has 104 valence electrons. The lowest BCUT2D eigenvalue weighted by atomic mass is 10.1. The molecule has 1 aromatic heterocycles. The van der Waals surface area contributed by atoms with Gasteiger partial charge in [-0.15, -0.1) is 0 Å². The summed E-state index contributed by atoms with van der Waals surface area (Å²) < 4.78 is 0.901. The minimum atomic E-state index is 0.552. The van der Waals surface area contributed by atoms with E-state index in [2.05, 4.69) is 43.0 Å². The van der Waals surface area contributed by atoms with Gasteiger partial charge in [0.25, 0.3) is 0 Å². The third kappa shape index (κ3) is 3.45. The second-order valence-electron chi connectivity index (χ2n) is 5.56. The molecule has 2 aliphatic rings. The molecule has 0 spiro atoms. The fourth-order valence-electron chi connectivity index (χ4n) is 2.64. The number of aromatic nitrogens is 2. The van der Waals surface area contributed by atoms with Crippen molar-refractivity contribution in [3.8, 4) is 0 Å². The van der Waals surface area contributed by atoms with Gasteiger partial charge in [0, 0.05) is 31.1 Å². The molecule has 0 aromatic carbocycles. The quantitative estimate of drug-likeness (QED) is 0.864. The number of piperidine rings is 1. The molecule has 0 radical (unpaired) electrons. The largest absolute Gasteiger partial charge is 0.367 e. The maximum atomic E-state index is 4.66. The number of rotatable bonds is 4. The van der Waals surface area contributed by atoms with E-state index in [0.29, 0.717) is 12.0 Å². The highest BCUT2D eigenvalue weighted by Gasteiger charge is 2.27. The molecule has 2 fully saturated rings. The first kappa shape index (κ1) is 13.3. The lowest BCUT2D eigenvalue weighted by Gasteiger charge is -2.31. The molecule has 1 saturated carbocycles. The average Bonchev–Trinajstić information content (AvgIpc) is 3.23. The summed E-state index contributed by atoms with van der Waals surface area (Å²) in [5.41, 5.74) is 0. The fourth-order valence-corrected chi connectivity index (χ4v) is 3.03. The third-order valence-electron chi connectivity index (χ3n) is 4.04. The van der Waals surface area contributed by atoms with Gasteiger partial charge in [-0.3, -0.25) is 0 Å². The van der Waals surface area contributed by atoms with Crippen molar-refractivity contribution in [1.82, 2.24) is 14.9 Å². The van der Waals surface area contributed by atoms with Crippen LogP contribution in [0.15, 0.2) is 10.7 Å². The predicted molar refractivity (Wildman–Crippen MR) is 80.5 cm³/mol. The Bertz CT molecular complexity index is 439. The number of halogens is 1. The normalized spacial score (nSPS) is 21.6. The van der Waals surface area contributed by atoms with Crippen LogP contribution in [-0.4, -0.2) is 40.5 Å². The fraction of sp³-hybridized carbons (Fsp3) is 0.714. The van der Waals surface area contributed by atoms with Crippen molar-refractivity contribution in [3.63, 3.8) is 0 Å². The molecule has 1 aliphatic carbocycles. The first-order chi connectivity index (χ1) is 9.24. The first-order valence-electron chi connectivity index (χ1n) is 7.28. The number of anilines is 1. The summed E-state index contributed by atoms with van der Waals surface area (Å²) >= 11 is 3.50. The van der Waals surface area contributed by atoms with E-state index in [1.165, 1.54) is 38.8 Å². The summed E-state index contributed by atoms with van der Waals surface area (Å²) in [6.07, 6.45) is 4.89. The van der Waals surface area contributed by atoms with Gasteiger partial charge in [-0.25, -0.2) is 9.97 Å². The smallest absolute Gasteiger partial charge is 0.135 e. The summed E-state index contributed by atoms with van der Waals surface area (Å²) in [7, 11) is 0. The molecular weight excluding hydrogens is 304 g/mol. The van der Waals surface area contributed by atoms with E-state index < -0.39 is 0 Å². The van der Waals surface area contributed by atoms with E-state index in [1.54, 1.807) is 0 Å². The average molecular weight is 325 g/mol. The summed E-state index contributed by atoms with van der Waals surface area (Å²) in [4.78, 5) is 11.6. The zero-order chi connectivity index (χ0) is 13.2. The minimum Gasteiger partial charge on any atom is -0.367 e. The molecule has 4 nitrogen and oxygen atoms in total. The highest BCUT2D eigenvalue weighted by molar-refractivity contribution is 9.10. The van der Waals surface area contributed by atoms with Crippen molar-refractivity contribution in [2.24, 2.45) is 0 Å². The number of nitrogens with one attached hydrogen (secondary N) is 1. The molecule has 0 atom stereocenters. The second kappa shape index (κ2) is 5.75. The summed E-state index contributed by atoms with van der Waals surface area (Å²) in [6, 6.07) is 2.55. The SMILES string of the molecule is CCN1CCC(Nc2cc(Br)nc(C3CC3)n2)CC1. The van der Waals surface area contributed by atoms with E-state index in [4.69, 9.17) is 0 Å². The molecule has 0 amide bonds. The molecule has 1 aliphatic heterocycles. The van der Waals surface area contributed by atoms with Gasteiger partial charge in [0.15, 0.2) is 0 Å². The Balaban J connectivity index is 1.63. The second-order valence-corrected chi connectivity index (χ2v) is 6.37. The van der Waals surface area contributed by atoms with Crippen LogP contribution in [0.1, 0.15) is 44.3 Å². The Morgan fingerprint density at radius 3 is 2.63 bits per heavy atom. The van der Waals surface area contributed by atoms with Gasteiger partial charge in [-0.1, -0.05) is 6.92 Å². The van der Waals surface area contributed by atoms with Crippen LogP contribution in [0, 0.1) is 0 Å². The van der Waals surface area contributed by atoms with Crippen LogP contribution in [0.3, 0.4) is 0 Å². The Hall–Kier alpha value is -0.680. The topological polar surface area (TPSA) is 41.0 Å². The van der Waals surface area contributed by atoms with E-state index in [1.807, 2.05) is 6.07 Å². The van der Waals surface area contributed by atoms with Crippen molar-refractivity contribution in [1.29, 1.82) is 0 Å². The Morgan fingerprint density at radius 1 is 1.26 bits per heavy atom. The molecule has 3 rings (SSSR count). The molecule has 0 unspecified atom stereocenters. The van der Waals surface area contributed by atoms with Crippen molar-refractivity contribution in [2.45, 2.75) is 44.6 Å². The molecule has 1 saturated heterocycles. The lowest BCUT2D eigenvalue weighted by Crippen LogP contribution is -2.39. The lowest BCUT2D eigenvalue weighted by molar-refractivity contribution is 0.229. The molecule has 2 heterocycles. The van der Waals surface area contributed by atoms with Crippen molar-refractivity contribution in [2.75, 3.05) is 25.0 Å². The highest BCUT2D eigenvalue weighted by atomic mass is 79.9. The predicted octanol–water partition coefficient (Wildman–Crippen LogP) is 3.01. The Morgan fingerprint density at radius 2 is 2.00 bits per heavy atom. The standard InChI is InChI=1S/C14H21BrN4/c1-2-19-7-5-11(6-8-19)16-13-9-12(15)17-14(18-13)10-3-4-10/h9-11H,2-8H2,1H3,(H,16,17,18). The summed E-state index contributed by atoms with van der Waals surface area (Å²) in [5.74, 6) is 2.58. The van der Waals surface area contributed by atoms with Crippen LogP contribution >= 0.6 is 15.9 Å². The molecule has 1 aromatic rings. The summed E-state index contributed by atoms with van der Waals surface area (Å²) in [6.45, 7) is 5.78. The van der Waals surface area contributed by atoms with Gasteiger partial charge < -0.3 is 10.2 Å². The monoisotopic (exact) mass is 324 g/mol. The van der Waals surface area contributed by atoms with E-state index >= 15 is 0 Å². The van der Waals surface area contributed by atoms with Gasteiger partial charge >= 0.3 is 0 Å². The van der Waals surface area contributed by atoms with Crippen LogP contribution in [0.4, 0.5) is 5.82 Å².